The summed E-state index contributed by atoms with van der Waals surface area (Å²) in [5.41, 5.74) is 1.35. The molecule has 0 saturated heterocycles. The van der Waals surface area contributed by atoms with E-state index in [2.05, 4.69) is 9.97 Å². The van der Waals surface area contributed by atoms with Gasteiger partial charge in [-0.25, -0.2) is 4.98 Å². The third kappa shape index (κ3) is 5.23. The molecule has 3 heterocycles. The molecule has 1 aromatic carbocycles. The lowest BCUT2D eigenvalue weighted by atomic mass is 10.0. The van der Waals surface area contributed by atoms with Crippen LogP contribution < -0.4 is 5.56 Å². The maximum absolute atomic E-state index is 13.1. The highest BCUT2D eigenvalue weighted by Gasteiger charge is 2.27. The van der Waals surface area contributed by atoms with Crippen LogP contribution in [0.1, 0.15) is 44.3 Å². The van der Waals surface area contributed by atoms with E-state index >= 15 is 0 Å². The van der Waals surface area contributed by atoms with Crippen LogP contribution in [0.3, 0.4) is 0 Å². The Balaban J connectivity index is 1.49. The van der Waals surface area contributed by atoms with Gasteiger partial charge in [-0.05, 0) is 45.4 Å². The van der Waals surface area contributed by atoms with Crippen LogP contribution >= 0.6 is 23.1 Å². The molecule has 8 heteroatoms. The van der Waals surface area contributed by atoms with E-state index in [0.717, 1.165) is 11.1 Å². The van der Waals surface area contributed by atoms with Crippen molar-refractivity contribution in [3.05, 3.63) is 75.8 Å². The standard InChI is InChI=1S/C25H27N3O3S2/c1-16(32-15-20(29)28(25(2,3)4)13-17-9-6-5-7-10-17)22-26-23(30)21-18(14-33-24(21)27-22)19-11-8-12-31-19/h5-12,14,16H,13,15H2,1-4H3,(H,26,27,30). The first-order chi connectivity index (χ1) is 15.7. The number of fused-ring (bicyclic) bond motifs is 1. The van der Waals surface area contributed by atoms with E-state index in [1.54, 1.807) is 12.3 Å². The fourth-order valence-corrected chi connectivity index (χ4v) is 5.34. The minimum atomic E-state index is -0.304. The van der Waals surface area contributed by atoms with Crippen LogP contribution in [0.5, 0.6) is 0 Å². The van der Waals surface area contributed by atoms with Gasteiger partial charge in [-0.3, -0.25) is 9.59 Å². The molecule has 33 heavy (non-hydrogen) atoms. The zero-order valence-corrected chi connectivity index (χ0v) is 20.8. The molecular weight excluding hydrogens is 454 g/mol. The van der Waals surface area contributed by atoms with Gasteiger partial charge < -0.3 is 14.3 Å². The number of aromatic nitrogens is 2. The summed E-state index contributed by atoms with van der Waals surface area (Å²) in [5.74, 6) is 1.58. The van der Waals surface area contributed by atoms with Gasteiger partial charge in [-0.15, -0.1) is 23.1 Å². The highest BCUT2D eigenvalue weighted by molar-refractivity contribution is 8.00. The molecule has 1 N–H and O–H groups in total. The number of thiophene rings is 1. The first-order valence-corrected chi connectivity index (χ1v) is 12.7. The number of hydrogen-bond acceptors (Lipinski definition) is 6. The molecular formula is C25H27N3O3S2. The van der Waals surface area contributed by atoms with Crippen molar-refractivity contribution in [1.82, 2.24) is 14.9 Å². The van der Waals surface area contributed by atoms with E-state index in [9.17, 15) is 9.59 Å². The van der Waals surface area contributed by atoms with Gasteiger partial charge in [0, 0.05) is 23.0 Å². The summed E-state index contributed by atoms with van der Waals surface area (Å²) < 4.78 is 5.46. The summed E-state index contributed by atoms with van der Waals surface area (Å²) in [7, 11) is 0. The molecule has 0 saturated carbocycles. The number of amides is 1. The molecule has 1 atom stereocenters. The lowest BCUT2D eigenvalue weighted by Crippen LogP contribution is -2.46. The number of carbonyl (C=O) groups excluding carboxylic acids is 1. The summed E-state index contributed by atoms with van der Waals surface area (Å²) in [5, 5.41) is 2.29. The van der Waals surface area contributed by atoms with Crippen molar-refractivity contribution in [3.8, 4) is 11.3 Å². The average molecular weight is 482 g/mol. The smallest absolute Gasteiger partial charge is 0.260 e. The molecule has 0 aliphatic heterocycles. The number of H-pyrrole nitrogens is 1. The highest BCUT2D eigenvalue weighted by atomic mass is 32.2. The molecule has 172 valence electrons. The van der Waals surface area contributed by atoms with Crippen molar-refractivity contribution in [1.29, 1.82) is 0 Å². The Morgan fingerprint density at radius 1 is 1.21 bits per heavy atom. The van der Waals surface area contributed by atoms with Crippen LogP contribution in [-0.4, -0.2) is 32.1 Å². The van der Waals surface area contributed by atoms with E-state index in [1.165, 1.54) is 23.1 Å². The van der Waals surface area contributed by atoms with Gasteiger partial charge >= 0.3 is 0 Å². The van der Waals surface area contributed by atoms with Crippen LogP contribution in [0.2, 0.25) is 0 Å². The summed E-state index contributed by atoms with van der Waals surface area (Å²) in [6.07, 6.45) is 1.59. The lowest BCUT2D eigenvalue weighted by Gasteiger charge is -2.36. The maximum Gasteiger partial charge on any atom is 0.260 e. The molecule has 0 aliphatic rings. The minimum absolute atomic E-state index is 0.0582. The molecule has 6 nitrogen and oxygen atoms in total. The summed E-state index contributed by atoms with van der Waals surface area (Å²) in [4.78, 5) is 36.2. The van der Waals surface area contributed by atoms with Crippen LogP contribution in [0.4, 0.5) is 0 Å². The largest absolute Gasteiger partial charge is 0.464 e. The van der Waals surface area contributed by atoms with E-state index < -0.39 is 0 Å². The zero-order valence-electron chi connectivity index (χ0n) is 19.1. The number of hydrogen-bond donors (Lipinski definition) is 1. The predicted molar refractivity (Wildman–Crippen MR) is 136 cm³/mol. The summed E-state index contributed by atoms with van der Waals surface area (Å²) >= 11 is 2.89. The second-order valence-electron chi connectivity index (χ2n) is 8.85. The Bertz CT molecular complexity index is 1290. The normalized spacial score (nSPS) is 12.7. The Hall–Kier alpha value is -2.84. The Kier molecular flexibility index (Phi) is 6.76. The van der Waals surface area contributed by atoms with Crippen molar-refractivity contribution in [2.45, 2.75) is 45.0 Å². The molecule has 0 spiro atoms. The first-order valence-electron chi connectivity index (χ1n) is 10.8. The molecule has 1 unspecified atom stereocenters. The quantitative estimate of drug-likeness (QED) is 0.357. The Morgan fingerprint density at radius 3 is 2.64 bits per heavy atom. The number of aromatic amines is 1. The molecule has 0 bridgehead atoms. The van der Waals surface area contributed by atoms with Crippen LogP contribution in [0.15, 0.2) is 63.3 Å². The third-order valence-corrected chi connectivity index (χ3v) is 7.39. The van der Waals surface area contributed by atoms with Crippen molar-refractivity contribution in [2.75, 3.05) is 5.75 Å². The topological polar surface area (TPSA) is 79.2 Å². The summed E-state index contributed by atoms with van der Waals surface area (Å²) in [6, 6.07) is 13.6. The van der Waals surface area contributed by atoms with Gasteiger partial charge in [0.05, 0.1) is 22.7 Å². The molecule has 4 aromatic rings. The maximum atomic E-state index is 13.1. The van der Waals surface area contributed by atoms with Crippen molar-refractivity contribution in [3.63, 3.8) is 0 Å². The van der Waals surface area contributed by atoms with E-state index in [-0.39, 0.29) is 22.3 Å². The van der Waals surface area contributed by atoms with Gasteiger partial charge in [0.1, 0.15) is 16.4 Å². The van der Waals surface area contributed by atoms with E-state index in [0.29, 0.717) is 34.1 Å². The average Bonchev–Trinajstić information content (AvgIpc) is 3.45. The number of benzene rings is 1. The van der Waals surface area contributed by atoms with Gasteiger partial charge in [0.2, 0.25) is 5.91 Å². The number of nitrogens with one attached hydrogen (secondary N) is 1. The molecule has 3 aromatic heterocycles. The monoisotopic (exact) mass is 481 g/mol. The number of nitrogens with zero attached hydrogens (tertiary/aromatic N) is 2. The molecule has 1 amide bonds. The number of carbonyl (C=O) groups is 1. The molecule has 0 aliphatic carbocycles. The fourth-order valence-electron chi connectivity index (χ4n) is 3.59. The van der Waals surface area contributed by atoms with Crippen molar-refractivity contribution < 1.29 is 9.21 Å². The number of rotatable bonds is 7. The van der Waals surface area contributed by atoms with E-state index in [4.69, 9.17) is 4.42 Å². The van der Waals surface area contributed by atoms with Crippen LogP contribution in [-0.2, 0) is 11.3 Å². The Labute approximate surface area is 201 Å². The Morgan fingerprint density at radius 2 is 1.97 bits per heavy atom. The predicted octanol–water partition coefficient (Wildman–Crippen LogP) is 5.87. The molecule has 0 radical (unpaired) electrons. The van der Waals surface area contributed by atoms with Gasteiger partial charge in [0.15, 0.2) is 0 Å². The highest BCUT2D eigenvalue weighted by Crippen LogP contribution is 2.33. The first kappa shape index (κ1) is 23.3. The minimum Gasteiger partial charge on any atom is -0.464 e. The SMILES string of the molecule is CC(SCC(=O)N(Cc1ccccc1)C(C)(C)C)c1nc2scc(-c3ccco3)c2c(=O)[nH]1. The third-order valence-electron chi connectivity index (χ3n) is 5.39. The van der Waals surface area contributed by atoms with Crippen LogP contribution in [0.25, 0.3) is 21.5 Å². The van der Waals surface area contributed by atoms with Gasteiger partial charge in [-0.2, -0.15) is 0 Å². The number of furan rings is 1. The van der Waals surface area contributed by atoms with Gasteiger partial charge in [-0.1, -0.05) is 30.3 Å². The van der Waals surface area contributed by atoms with E-state index in [1.807, 2.05) is 74.4 Å². The lowest BCUT2D eigenvalue weighted by molar-refractivity contribution is -0.133. The second-order valence-corrected chi connectivity index (χ2v) is 11.0. The van der Waals surface area contributed by atoms with Crippen molar-refractivity contribution >= 4 is 39.2 Å². The van der Waals surface area contributed by atoms with Crippen LogP contribution in [0, 0.1) is 0 Å². The van der Waals surface area contributed by atoms with Gasteiger partial charge in [0.25, 0.3) is 5.56 Å². The number of thioether (sulfide) groups is 1. The fraction of sp³-hybridized carbons (Fsp3) is 0.320. The summed E-state index contributed by atoms with van der Waals surface area (Å²) in [6.45, 7) is 8.65. The second kappa shape index (κ2) is 9.57. The zero-order chi connectivity index (χ0) is 23.6. The molecule has 4 rings (SSSR count). The van der Waals surface area contributed by atoms with Crippen molar-refractivity contribution in [2.24, 2.45) is 0 Å². The molecule has 0 fully saturated rings.